The average Bonchev–Trinajstić information content (AvgIpc) is 2.67. The number of nitrogens with zero attached hydrogens (tertiary/aromatic N) is 2. The molecule has 1 fully saturated rings. The summed E-state index contributed by atoms with van der Waals surface area (Å²) in [5.41, 5.74) is 1.37. The molecule has 0 unspecified atom stereocenters. The Hall–Kier alpha value is -2.77. The fourth-order valence-electron chi connectivity index (χ4n) is 2.80. The van der Waals surface area contributed by atoms with Gasteiger partial charge in [-0.1, -0.05) is 0 Å². The quantitative estimate of drug-likeness (QED) is 0.759. The van der Waals surface area contributed by atoms with Crippen LogP contribution in [-0.4, -0.2) is 69.3 Å². The minimum absolute atomic E-state index is 0.0405. The second-order valence-electron chi connectivity index (χ2n) is 6.55. The van der Waals surface area contributed by atoms with Crippen molar-refractivity contribution < 1.29 is 23.9 Å². The topological polar surface area (TPSA) is 88.2 Å². The number of piperidine rings is 1. The Morgan fingerprint density at radius 2 is 1.74 bits per heavy atom. The van der Waals surface area contributed by atoms with E-state index in [4.69, 9.17) is 9.47 Å². The van der Waals surface area contributed by atoms with Gasteiger partial charge in [-0.25, -0.2) is 9.59 Å². The molecule has 0 radical (unpaired) electrons. The highest BCUT2D eigenvalue weighted by atomic mass is 16.6. The van der Waals surface area contributed by atoms with E-state index in [0.29, 0.717) is 38.1 Å². The van der Waals surface area contributed by atoms with Crippen molar-refractivity contribution in [3.8, 4) is 0 Å². The van der Waals surface area contributed by atoms with E-state index < -0.39 is 5.97 Å². The summed E-state index contributed by atoms with van der Waals surface area (Å²) in [4.78, 5) is 39.2. The summed E-state index contributed by atoms with van der Waals surface area (Å²) in [5, 5.41) is 2.84. The number of carbonyl (C=O) groups excluding carboxylic acids is 3. The number of nitrogens with one attached hydrogen (secondary N) is 1. The number of ether oxygens (including phenoxy) is 2. The van der Waals surface area contributed by atoms with E-state index in [-0.39, 0.29) is 24.6 Å². The van der Waals surface area contributed by atoms with Gasteiger partial charge in [-0.05, 0) is 44.0 Å². The Balaban J connectivity index is 1.72. The Bertz CT molecular complexity index is 652. The zero-order valence-corrected chi connectivity index (χ0v) is 16.1. The number of carbonyl (C=O) groups is 3. The highest BCUT2D eigenvalue weighted by Crippen LogP contribution is 2.13. The SMILES string of the molecule is CCOC(=O)N1CCC(NC(=O)COC(=O)c2ccc(N(C)C)cc2)CC1. The van der Waals surface area contributed by atoms with E-state index >= 15 is 0 Å². The van der Waals surface area contributed by atoms with E-state index in [1.54, 1.807) is 24.0 Å². The maximum Gasteiger partial charge on any atom is 0.409 e. The molecule has 1 heterocycles. The fourth-order valence-corrected chi connectivity index (χ4v) is 2.80. The van der Waals surface area contributed by atoms with Crippen LogP contribution in [0.2, 0.25) is 0 Å². The van der Waals surface area contributed by atoms with Crippen molar-refractivity contribution in [1.82, 2.24) is 10.2 Å². The molecule has 2 rings (SSSR count). The van der Waals surface area contributed by atoms with Crippen LogP contribution >= 0.6 is 0 Å². The third-order valence-electron chi connectivity index (χ3n) is 4.34. The monoisotopic (exact) mass is 377 g/mol. The molecular weight excluding hydrogens is 350 g/mol. The predicted molar refractivity (Wildman–Crippen MR) is 101 cm³/mol. The van der Waals surface area contributed by atoms with Crippen molar-refractivity contribution in [2.45, 2.75) is 25.8 Å². The van der Waals surface area contributed by atoms with E-state index in [1.807, 2.05) is 31.1 Å². The predicted octanol–water partition coefficient (Wildman–Crippen LogP) is 1.65. The third kappa shape index (κ3) is 6.16. The molecule has 8 nitrogen and oxygen atoms in total. The number of esters is 1. The molecule has 0 saturated carbocycles. The Morgan fingerprint density at radius 1 is 1.11 bits per heavy atom. The van der Waals surface area contributed by atoms with Crippen molar-refractivity contribution in [2.75, 3.05) is 45.3 Å². The lowest BCUT2D eigenvalue weighted by Crippen LogP contribution is -2.47. The summed E-state index contributed by atoms with van der Waals surface area (Å²) in [6.07, 6.45) is 0.964. The molecule has 1 aliphatic rings. The molecule has 1 saturated heterocycles. The highest BCUT2D eigenvalue weighted by molar-refractivity contribution is 5.91. The second kappa shape index (κ2) is 9.80. The summed E-state index contributed by atoms with van der Waals surface area (Å²) >= 11 is 0. The number of anilines is 1. The number of amides is 2. The Morgan fingerprint density at radius 3 is 2.30 bits per heavy atom. The van der Waals surface area contributed by atoms with Crippen LogP contribution in [0.15, 0.2) is 24.3 Å². The molecule has 148 valence electrons. The first-order valence-corrected chi connectivity index (χ1v) is 9.06. The number of likely N-dealkylation sites (tertiary alicyclic amines) is 1. The zero-order valence-electron chi connectivity index (χ0n) is 16.1. The highest BCUT2D eigenvalue weighted by Gasteiger charge is 2.24. The van der Waals surface area contributed by atoms with Crippen molar-refractivity contribution in [3.63, 3.8) is 0 Å². The molecule has 27 heavy (non-hydrogen) atoms. The zero-order chi connectivity index (χ0) is 19.8. The van der Waals surface area contributed by atoms with Gasteiger partial charge in [0, 0.05) is 38.9 Å². The van der Waals surface area contributed by atoms with Crippen LogP contribution < -0.4 is 10.2 Å². The van der Waals surface area contributed by atoms with Gasteiger partial charge in [-0.3, -0.25) is 4.79 Å². The third-order valence-corrected chi connectivity index (χ3v) is 4.34. The molecule has 0 aliphatic carbocycles. The summed E-state index contributed by atoms with van der Waals surface area (Å²) in [5.74, 6) is -0.879. The summed E-state index contributed by atoms with van der Waals surface area (Å²) in [6.45, 7) is 2.84. The first-order chi connectivity index (χ1) is 12.9. The van der Waals surface area contributed by atoms with Gasteiger partial charge >= 0.3 is 12.1 Å². The van der Waals surface area contributed by atoms with Gasteiger partial charge in [0.05, 0.1) is 12.2 Å². The Labute approximate surface area is 159 Å². The van der Waals surface area contributed by atoms with Crippen LogP contribution in [0.4, 0.5) is 10.5 Å². The minimum atomic E-state index is -0.535. The summed E-state index contributed by atoms with van der Waals surface area (Å²) < 4.78 is 10.0. The van der Waals surface area contributed by atoms with Crippen LogP contribution in [0.1, 0.15) is 30.1 Å². The molecule has 0 bridgehead atoms. The summed E-state index contributed by atoms with van der Waals surface area (Å²) in [7, 11) is 3.82. The van der Waals surface area contributed by atoms with Gasteiger partial charge in [-0.15, -0.1) is 0 Å². The van der Waals surface area contributed by atoms with Crippen LogP contribution in [0.3, 0.4) is 0 Å². The van der Waals surface area contributed by atoms with Gasteiger partial charge in [0.2, 0.25) is 0 Å². The van der Waals surface area contributed by atoms with E-state index in [2.05, 4.69) is 5.32 Å². The number of hydrogen-bond donors (Lipinski definition) is 1. The standard InChI is InChI=1S/C19H27N3O5/c1-4-26-19(25)22-11-9-15(10-12-22)20-17(23)13-27-18(24)14-5-7-16(8-6-14)21(2)3/h5-8,15H,4,9-13H2,1-3H3,(H,20,23). The molecule has 0 atom stereocenters. The number of rotatable bonds is 6. The fraction of sp³-hybridized carbons (Fsp3) is 0.526. The molecule has 1 aliphatic heterocycles. The van der Waals surface area contributed by atoms with Crippen LogP contribution in [0.25, 0.3) is 0 Å². The normalized spacial score (nSPS) is 14.4. The van der Waals surface area contributed by atoms with E-state index in [0.717, 1.165) is 5.69 Å². The molecule has 0 spiro atoms. The molecule has 1 N–H and O–H groups in total. The van der Waals surface area contributed by atoms with Gasteiger partial charge in [0.1, 0.15) is 0 Å². The van der Waals surface area contributed by atoms with Gasteiger partial charge in [0.25, 0.3) is 5.91 Å². The van der Waals surface area contributed by atoms with Crippen molar-refractivity contribution in [2.24, 2.45) is 0 Å². The lowest BCUT2D eigenvalue weighted by molar-refractivity contribution is -0.125. The molecule has 1 aromatic carbocycles. The van der Waals surface area contributed by atoms with Crippen LogP contribution in [0.5, 0.6) is 0 Å². The molecule has 1 aromatic rings. The molecule has 8 heteroatoms. The molecule has 0 aromatic heterocycles. The first-order valence-electron chi connectivity index (χ1n) is 9.06. The first kappa shape index (κ1) is 20.5. The van der Waals surface area contributed by atoms with E-state index in [1.165, 1.54) is 0 Å². The maximum absolute atomic E-state index is 12.0. The van der Waals surface area contributed by atoms with Gasteiger partial charge in [-0.2, -0.15) is 0 Å². The smallest absolute Gasteiger partial charge is 0.409 e. The largest absolute Gasteiger partial charge is 0.452 e. The van der Waals surface area contributed by atoms with Crippen LogP contribution in [-0.2, 0) is 14.3 Å². The second-order valence-corrected chi connectivity index (χ2v) is 6.55. The maximum atomic E-state index is 12.0. The van der Waals surface area contributed by atoms with Gasteiger partial charge < -0.3 is 24.6 Å². The van der Waals surface area contributed by atoms with E-state index in [9.17, 15) is 14.4 Å². The summed E-state index contributed by atoms with van der Waals surface area (Å²) in [6, 6.07) is 6.92. The van der Waals surface area contributed by atoms with Crippen molar-refractivity contribution >= 4 is 23.7 Å². The lowest BCUT2D eigenvalue weighted by Gasteiger charge is -2.31. The molecule has 2 amide bonds. The number of hydrogen-bond acceptors (Lipinski definition) is 6. The van der Waals surface area contributed by atoms with Crippen LogP contribution in [0, 0.1) is 0 Å². The van der Waals surface area contributed by atoms with Crippen molar-refractivity contribution in [1.29, 1.82) is 0 Å². The average molecular weight is 377 g/mol. The van der Waals surface area contributed by atoms with Crippen molar-refractivity contribution in [3.05, 3.63) is 29.8 Å². The molecular formula is C19H27N3O5. The Kier molecular flexibility index (Phi) is 7.45. The minimum Gasteiger partial charge on any atom is -0.452 e. The lowest BCUT2D eigenvalue weighted by atomic mass is 10.1. The number of benzene rings is 1. The van der Waals surface area contributed by atoms with Gasteiger partial charge in [0.15, 0.2) is 6.61 Å².